The predicted octanol–water partition coefficient (Wildman–Crippen LogP) is 2.64. The summed E-state index contributed by atoms with van der Waals surface area (Å²) in [6.07, 6.45) is 2.17. The maximum atomic E-state index is 12.1. The Labute approximate surface area is 126 Å². The largest absolute Gasteiger partial charge is 0.376 e. The summed E-state index contributed by atoms with van der Waals surface area (Å²) >= 11 is 0. The fourth-order valence-electron chi connectivity index (χ4n) is 2.84. The molecule has 1 aromatic rings. The van der Waals surface area contributed by atoms with Gasteiger partial charge in [-0.05, 0) is 24.3 Å². The Hall–Kier alpha value is -1.55. The van der Waals surface area contributed by atoms with Crippen molar-refractivity contribution in [1.29, 1.82) is 0 Å². The van der Waals surface area contributed by atoms with Crippen LogP contribution < -0.4 is 5.32 Å². The molecule has 1 heterocycles. The zero-order valence-electron chi connectivity index (χ0n) is 12.6. The third-order valence-corrected chi connectivity index (χ3v) is 4.46. The van der Waals surface area contributed by atoms with Crippen molar-refractivity contribution in [3.8, 4) is 0 Å². The van der Waals surface area contributed by atoms with E-state index in [1.807, 2.05) is 23.1 Å². The van der Waals surface area contributed by atoms with E-state index in [1.54, 1.807) is 0 Å². The molecule has 2 amide bonds. The Morgan fingerprint density at radius 2 is 2.14 bits per heavy atom. The predicted molar refractivity (Wildman–Crippen MR) is 81.9 cm³/mol. The molecule has 0 spiro atoms. The molecule has 0 bridgehead atoms. The lowest BCUT2D eigenvalue weighted by Crippen LogP contribution is -2.40. The van der Waals surface area contributed by atoms with Gasteiger partial charge in [0.2, 0.25) is 0 Å². The molecular formula is C17H24N2O2. The molecule has 4 heteroatoms. The van der Waals surface area contributed by atoms with Crippen molar-refractivity contribution in [1.82, 2.24) is 10.2 Å². The van der Waals surface area contributed by atoms with Crippen molar-refractivity contribution in [2.45, 2.75) is 32.4 Å². The number of urea groups is 1. The van der Waals surface area contributed by atoms with E-state index in [2.05, 4.69) is 24.4 Å². The Morgan fingerprint density at radius 3 is 2.86 bits per heavy atom. The molecule has 114 valence electrons. The molecule has 1 aromatic carbocycles. The van der Waals surface area contributed by atoms with E-state index in [9.17, 15) is 4.79 Å². The van der Waals surface area contributed by atoms with Gasteiger partial charge >= 0.3 is 6.03 Å². The van der Waals surface area contributed by atoms with Gasteiger partial charge in [0.05, 0.1) is 13.2 Å². The van der Waals surface area contributed by atoms with Crippen molar-refractivity contribution in [3.05, 3.63) is 35.9 Å². The number of nitrogens with one attached hydrogen (secondary N) is 1. The molecule has 1 aliphatic carbocycles. The van der Waals surface area contributed by atoms with E-state index < -0.39 is 0 Å². The highest BCUT2D eigenvalue weighted by atomic mass is 16.5. The van der Waals surface area contributed by atoms with Crippen LogP contribution in [0.15, 0.2) is 30.3 Å². The molecular weight excluding hydrogens is 264 g/mol. The molecule has 0 radical (unpaired) electrons. The van der Waals surface area contributed by atoms with E-state index in [0.29, 0.717) is 24.5 Å². The molecule has 2 aliphatic rings. The number of rotatable bonds is 5. The molecule has 3 atom stereocenters. The average Bonchev–Trinajstić information content (AvgIpc) is 3.00. The maximum absolute atomic E-state index is 12.1. The van der Waals surface area contributed by atoms with Crippen LogP contribution in [-0.4, -0.2) is 36.7 Å². The number of benzene rings is 1. The lowest BCUT2D eigenvalue weighted by Gasteiger charge is -2.17. The monoisotopic (exact) mass is 288 g/mol. The number of amides is 2. The van der Waals surface area contributed by atoms with Crippen LogP contribution >= 0.6 is 0 Å². The summed E-state index contributed by atoms with van der Waals surface area (Å²) in [4.78, 5) is 14.0. The fraction of sp³-hybridized carbons (Fsp3) is 0.588. The van der Waals surface area contributed by atoms with E-state index in [4.69, 9.17) is 4.74 Å². The summed E-state index contributed by atoms with van der Waals surface area (Å²) in [5.74, 6) is 1.12. The van der Waals surface area contributed by atoms with E-state index in [1.165, 1.54) is 5.56 Å². The average molecular weight is 288 g/mol. The van der Waals surface area contributed by atoms with Crippen molar-refractivity contribution in [3.63, 3.8) is 0 Å². The summed E-state index contributed by atoms with van der Waals surface area (Å²) in [7, 11) is 0. The number of ether oxygens (including phenoxy) is 1. The molecule has 1 saturated heterocycles. The van der Waals surface area contributed by atoms with Gasteiger partial charge in [0, 0.05) is 25.0 Å². The molecule has 2 fully saturated rings. The normalized spacial score (nSPS) is 27.7. The van der Waals surface area contributed by atoms with Gasteiger partial charge in [-0.25, -0.2) is 4.79 Å². The van der Waals surface area contributed by atoms with Gasteiger partial charge < -0.3 is 15.0 Å². The number of nitrogens with zero attached hydrogens (tertiary/aromatic N) is 1. The van der Waals surface area contributed by atoms with Gasteiger partial charge in [-0.15, -0.1) is 0 Å². The lowest BCUT2D eigenvalue weighted by atomic mass is 10.1. The first-order chi connectivity index (χ1) is 10.2. The summed E-state index contributed by atoms with van der Waals surface area (Å²) in [6.45, 7) is 5.24. The first-order valence-corrected chi connectivity index (χ1v) is 7.89. The summed E-state index contributed by atoms with van der Waals surface area (Å²) in [6, 6.07) is 10.7. The smallest absolute Gasteiger partial charge is 0.317 e. The second-order valence-corrected chi connectivity index (χ2v) is 6.37. The standard InChI is InChI=1S/C17H24N2O2/c1-13-9-16(13)18-17(20)19-8-7-15(10-19)12-21-11-14-5-3-2-4-6-14/h2-6,13,15-16H,7-12H2,1H3,(H,18,20)/t13-,15+,16+/m1/s1. The van der Waals surface area contributed by atoms with Gasteiger partial charge in [0.1, 0.15) is 0 Å². The number of carbonyl (C=O) groups is 1. The van der Waals surface area contributed by atoms with Crippen LogP contribution in [0.4, 0.5) is 4.79 Å². The second kappa shape index (κ2) is 6.48. The first kappa shape index (κ1) is 14.4. The first-order valence-electron chi connectivity index (χ1n) is 7.89. The van der Waals surface area contributed by atoms with Crippen LogP contribution in [0.5, 0.6) is 0 Å². The number of hydrogen-bond donors (Lipinski definition) is 1. The Kier molecular flexibility index (Phi) is 4.44. The number of carbonyl (C=O) groups excluding carboxylic acids is 1. The molecule has 1 aliphatic heterocycles. The molecule has 0 aromatic heterocycles. The number of hydrogen-bond acceptors (Lipinski definition) is 2. The summed E-state index contributed by atoms with van der Waals surface area (Å²) in [5.41, 5.74) is 1.20. The van der Waals surface area contributed by atoms with Gasteiger partial charge in [-0.1, -0.05) is 37.3 Å². The quantitative estimate of drug-likeness (QED) is 0.905. The minimum absolute atomic E-state index is 0.106. The minimum atomic E-state index is 0.106. The van der Waals surface area contributed by atoms with Crippen molar-refractivity contribution in [2.75, 3.05) is 19.7 Å². The molecule has 0 unspecified atom stereocenters. The summed E-state index contributed by atoms with van der Waals surface area (Å²) in [5, 5.41) is 3.09. The zero-order chi connectivity index (χ0) is 14.7. The topological polar surface area (TPSA) is 41.6 Å². The molecule has 1 saturated carbocycles. The molecule has 1 N–H and O–H groups in total. The highest BCUT2D eigenvalue weighted by molar-refractivity contribution is 5.75. The fourth-order valence-corrected chi connectivity index (χ4v) is 2.84. The molecule has 21 heavy (non-hydrogen) atoms. The van der Waals surface area contributed by atoms with Gasteiger partial charge in [-0.2, -0.15) is 0 Å². The Balaban J connectivity index is 1.35. The number of likely N-dealkylation sites (tertiary alicyclic amines) is 1. The van der Waals surface area contributed by atoms with Gasteiger partial charge in [0.15, 0.2) is 0 Å². The second-order valence-electron chi connectivity index (χ2n) is 6.37. The zero-order valence-corrected chi connectivity index (χ0v) is 12.6. The highest BCUT2D eigenvalue weighted by Gasteiger charge is 2.36. The maximum Gasteiger partial charge on any atom is 0.317 e. The van der Waals surface area contributed by atoms with Gasteiger partial charge in [0.25, 0.3) is 0 Å². The van der Waals surface area contributed by atoms with E-state index in [-0.39, 0.29) is 6.03 Å². The third kappa shape index (κ3) is 3.97. The van der Waals surface area contributed by atoms with E-state index in [0.717, 1.165) is 32.5 Å². The Bertz CT molecular complexity index is 477. The van der Waals surface area contributed by atoms with Crippen LogP contribution in [0.3, 0.4) is 0 Å². The third-order valence-electron chi connectivity index (χ3n) is 4.46. The molecule has 3 rings (SSSR count). The van der Waals surface area contributed by atoms with Crippen LogP contribution in [0.25, 0.3) is 0 Å². The van der Waals surface area contributed by atoms with Crippen LogP contribution in [0, 0.1) is 11.8 Å². The van der Waals surface area contributed by atoms with Crippen molar-refractivity contribution >= 4 is 6.03 Å². The van der Waals surface area contributed by atoms with E-state index >= 15 is 0 Å². The minimum Gasteiger partial charge on any atom is -0.376 e. The van der Waals surface area contributed by atoms with Crippen LogP contribution in [-0.2, 0) is 11.3 Å². The molecule has 4 nitrogen and oxygen atoms in total. The van der Waals surface area contributed by atoms with Crippen LogP contribution in [0.2, 0.25) is 0 Å². The van der Waals surface area contributed by atoms with Crippen molar-refractivity contribution in [2.24, 2.45) is 11.8 Å². The van der Waals surface area contributed by atoms with Crippen molar-refractivity contribution < 1.29 is 9.53 Å². The van der Waals surface area contributed by atoms with Crippen LogP contribution in [0.1, 0.15) is 25.3 Å². The highest BCUT2D eigenvalue weighted by Crippen LogP contribution is 2.29. The lowest BCUT2D eigenvalue weighted by molar-refractivity contribution is 0.0897. The van der Waals surface area contributed by atoms with Gasteiger partial charge in [-0.3, -0.25) is 0 Å². The summed E-state index contributed by atoms with van der Waals surface area (Å²) < 4.78 is 5.78. The SMILES string of the molecule is C[C@@H]1C[C@@H]1NC(=O)N1CC[C@H](COCc2ccccc2)C1. The Morgan fingerprint density at radius 1 is 1.38 bits per heavy atom.